The van der Waals surface area contributed by atoms with Crippen molar-refractivity contribution in [2.24, 2.45) is 0 Å². The molecule has 1 nitrogen and oxygen atoms in total. The largest absolute Gasteiger partial charge is 0.417 e. The minimum absolute atomic E-state index is 0.324. The van der Waals surface area contributed by atoms with Crippen LogP contribution in [0, 0.1) is 6.92 Å². The van der Waals surface area contributed by atoms with Gasteiger partial charge in [0.1, 0.15) is 0 Å². The SMILES string of the molecule is [CH2]CO[Si](C)(C)C(C)(C)C. The van der Waals surface area contributed by atoms with Gasteiger partial charge in [0, 0.05) is 6.61 Å². The third-order valence-electron chi connectivity index (χ3n) is 2.27. The van der Waals surface area contributed by atoms with Crippen molar-refractivity contribution < 1.29 is 4.43 Å². The van der Waals surface area contributed by atoms with Crippen molar-refractivity contribution in [2.45, 2.75) is 38.9 Å². The van der Waals surface area contributed by atoms with E-state index in [0.717, 1.165) is 0 Å². The summed E-state index contributed by atoms with van der Waals surface area (Å²) in [5.74, 6) is 0. The van der Waals surface area contributed by atoms with Gasteiger partial charge in [0.25, 0.3) is 0 Å². The van der Waals surface area contributed by atoms with Crippen LogP contribution in [0.3, 0.4) is 0 Å². The highest BCUT2D eigenvalue weighted by Gasteiger charge is 2.36. The van der Waals surface area contributed by atoms with Crippen LogP contribution in [-0.4, -0.2) is 14.9 Å². The highest BCUT2D eigenvalue weighted by Crippen LogP contribution is 2.36. The molecular weight excluding hydrogens is 140 g/mol. The molecule has 61 valence electrons. The molecule has 0 amide bonds. The molecule has 1 radical (unpaired) electrons. The number of hydrogen-bond donors (Lipinski definition) is 0. The average molecular weight is 159 g/mol. The minimum atomic E-state index is -1.47. The van der Waals surface area contributed by atoms with E-state index in [2.05, 4.69) is 40.8 Å². The van der Waals surface area contributed by atoms with Gasteiger partial charge in [0.15, 0.2) is 8.32 Å². The first-order valence-electron chi connectivity index (χ1n) is 3.74. The highest BCUT2D eigenvalue weighted by molar-refractivity contribution is 6.74. The normalized spacial score (nSPS) is 13.8. The second-order valence-corrected chi connectivity index (χ2v) is 8.92. The fourth-order valence-corrected chi connectivity index (χ4v) is 1.41. The molecule has 0 saturated heterocycles. The van der Waals surface area contributed by atoms with Gasteiger partial charge in [-0.15, -0.1) is 0 Å². The van der Waals surface area contributed by atoms with E-state index in [4.69, 9.17) is 4.43 Å². The van der Waals surface area contributed by atoms with Crippen LogP contribution >= 0.6 is 0 Å². The van der Waals surface area contributed by atoms with Crippen molar-refractivity contribution in [1.29, 1.82) is 0 Å². The van der Waals surface area contributed by atoms with Crippen LogP contribution in [0.1, 0.15) is 20.8 Å². The van der Waals surface area contributed by atoms with Crippen molar-refractivity contribution in [1.82, 2.24) is 0 Å². The van der Waals surface area contributed by atoms with E-state index in [9.17, 15) is 0 Å². The molecule has 0 heterocycles. The van der Waals surface area contributed by atoms with Gasteiger partial charge in [-0.1, -0.05) is 20.8 Å². The monoisotopic (exact) mass is 159 g/mol. The maximum Gasteiger partial charge on any atom is 0.191 e. The first-order chi connectivity index (χ1) is 4.31. The van der Waals surface area contributed by atoms with Crippen molar-refractivity contribution >= 4 is 8.32 Å². The number of hydrogen-bond acceptors (Lipinski definition) is 1. The van der Waals surface area contributed by atoms with Gasteiger partial charge in [0.2, 0.25) is 0 Å². The molecular formula is C8H19OSi. The summed E-state index contributed by atoms with van der Waals surface area (Å²) in [4.78, 5) is 0. The van der Waals surface area contributed by atoms with Gasteiger partial charge >= 0.3 is 0 Å². The van der Waals surface area contributed by atoms with Crippen molar-refractivity contribution in [3.63, 3.8) is 0 Å². The molecule has 0 fully saturated rings. The second-order valence-electron chi connectivity index (χ2n) is 4.11. The Balaban J connectivity index is 4.10. The maximum atomic E-state index is 5.62. The first kappa shape index (κ1) is 10.2. The molecule has 10 heavy (non-hydrogen) atoms. The van der Waals surface area contributed by atoms with E-state index in [-0.39, 0.29) is 0 Å². The van der Waals surface area contributed by atoms with Gasteiger partial charge in [0.05, 0.1) is 0 Å². The summed E-state index contributed by atoms with van der Waals surface area (Å²) in [6.45, 7) is 15.5. The van der Waals surface area contributed by atoms with E-state index in [1.54, 1.807) is 0 Å². The molecule has 0 aromatic carbocycles. The molecule has 0 aliphatic carbocycles. The first-order valence-corrected chi connectivity index (χ1v) is 6.65. The molecule has 0 atom stereocenters. The molecule has 0 spiro atoms. The zero-order valence-electron chi connectivity index (χ0n) is 7.82. The second kappa shape index (κ2) is 3.05. The van der Waals surface area contributed by atoms with E-state index >= 15 is 0 Å². The topological polar surface area (TPSA) is 9.23 Å². The van der Waals surface area contributed by atoms with Crippen LogP contribution < -0.4 is 0 Å². The lowest BCUT2D eigenvalue weighted by Gasteiger charge is -2.35. The Morgan fingerprint density at radius 3 is 1.80 bits per heavy atom. The molecule has 0 aliphatic heterocycles. The molecule has 0 aromatic heterocycles. The minimum Gasteiger partial charge on any atom is -0.417 e. The molecule has 0 unspecified atom stereocenters. The van der Waals surface area contributed by atoms with Crippen molar-refractivity contribution in [3.8, 4) is 0 Å². The molecule has 0 saturated carbocycles. The standard InChI is InChI=1S/C8H19OSi/c1-7-9-10(5,6)8(2,3)4/h1,7H2,2-6H3. The van der Waals surface area contributed by atoms with E-state index in [1.165, 1.54) is 0 Å². The lowest BCUT2D eigenvalue weighted by atomic mass is 10.2. The van der Waals surface area contributed by atoms with Gasteiger partial charge in [-0.05, 0) is 25.1 Å². The van der Waals surface area contributed by atoms with Crippen molar-refractivity contribution in [2.75, 3.05) is 6.61 Å². The van der Waals surface area contributed by atoms with E-state index in [0.29, 0.717) is 11.6 Å². The lowest BCUT2D eigenvalue weighted by molar-refractivity contribution is 0.326. The molecule has 0 rings (SSSR count). The summed E-state index contributed by atoms with van der Waals surface area (Å²) < 4.78 is 5.62. The fourth-order valence-electron chi connectivity index (χ4n) is 0.472. The van der Waals surface area contributed by atoms with E-state index in [1.807, 2.05) is 0 Å². The Morgan fingerprint density at radius 2 is 1.70 bits per heavy atom. The number of rotatable bonds is 2. The predicted octanol–water partition coefficient (Wildman–Crippen LogP) is 2.84. The van der Waals surface area contributed by atoms with Crippen LogP contribution in [0.5, 0.6) is 0 Å². The van der Waals surface area contributed by atoms with Crippen LogP contribution in [0.15, 0.2) is 0 Å². The Labute approximate surface area is 65.9 Å². The lowest BCUT2D eigenvalue weighted by Crippen LogP contribution is -2.40. The Bertz CT molecular complexity index is 102. The van der Waals surface area contributed by atoms with Gasteiger partial charge in [-0.25, -0.2) is 0 Å². The third kappa shape index (κ3) is 2.43. The Morgan fingerprint density at radius 1 is 1.30 bits per heavy atom. The van der Waals surface area contributed by atoms with Crippen LogP contribution in [0.25, 0.3) is 0 Å². The molecule has 0 aromatic rings. The van der Waals surface area contributed by atoms with Crippen LogP contribution in [0.4, 0.5) is 0 Å². The van der Waals surface area contributed by atoms with Gasteiger partial charge in [-0.2, -0.15) is 0 Å². The molecule has 0 bridgehead atoms. The van der Waals surface area contributed by atoms with Crippen LogP contribution in [-0.2, 0) is 4.43 Å². The molecule has 0 aliphatic rings. The van der Waals surface area contributed by atoms with Crippen molar-refractivity contribution in [3.05, 3.63) is 6.92 Å². The predicted molar refractivity (Wildman–Crippen MR) is 48.5 cm³/mol. The van der Waals surface area contributed by atoms with E-state index < -0.39 is 8.32 Å². The summed E-state index contributed by atoms with van der Waals surface area (Å²) in [7, 11) is -1.47. The molecule has 0 N–H and O–H groups in total. The Kier molecular flexibility index (Phi) is 3.11. The average Bonchev–Trinajstić information content (AvgIpc) is 1.61. The fraction of sp³-hybridized carbons (Fsp3) is 0.875. The summed E-state index contributed by atoms with van der Waals surface area (Å²) in [6.07, 6.45) is 0. The summed E-state index contributed by atoms with van der Waals surface area (Å²) in [5, 5.41) is 0.324. The van der Waals surface area contributed by atoms with Gasteiger partial charge in [-0.3, -0.25) is 0 Å². The molecule has 2 heteroatoms. The smallest absolute Gasteiger partial charge is 0.191 e. The third-order valence-corrected chi connectivity index (χ3v) is 6.81. The maximum absolute atomic E-state index is 5.62. The zero-order chi connectivity index (χ0) is 8.41. The quantitative estimate of drug-likeness (QED) is 0.563. The summed E-state index contributed by atoms with van der Waals surface area (Å²) in [5.41, 5.74) is 0. The van der Waals surface area contributed by atoms with Crippen LogP contribution in [0.2, 0.25) is 18.1 Å². The van der Waals surface area contributed by atoms with Gasteiger partial charge < -0.3 is 4.43 Å². The Hall–Kier alpha value is 0.177. The summed E-state index contributed by atoms with van der Waals surface area (Å²) in [6, 6.07) is 0. The zero-order valence-corrected chi connectivity index (χ0v) is 8.82. The highest BCUT2D eigenvalue weighted by atomic mass is 28.4. The summed E-state index contributed by atoms with van der Waals surface area (Å²) >= 11 is 0.